The molecule has 4 heteroatoms. The van der Waals surface area contributed by atoms with Crippen LogP contribution in [0.4, 0.5) is 5.82 Å². The van der Waals surface area contributed by atoms with Crippen molar-refractivity contribution in [2.45, 2.75) is 39.5 Å². The zero-order chi connectivity index (χ0) is 14.8. The Labute approximate surface area is 120 Å². The Kier molecular flexibility index (Phi) is 4.04. The molecule has 0 spiro atoms. The van der Waals surface area contributed by atoms with Gasteiger partial charge in [-0.25, -0.2) is 15.8 Å². The molecule has 0 saturated carbocycles. The van der Waals surface area contributed by atoms with E-state index in [-0.39, 0.29) is 5.41 Å². The van der Waals surface area contributed by atoms with Crippen LogP contribution in [0.2, 0.25) is 0 Å². The number of hydrazine groups is 1. The first kappa shape index (κ1) is 14.5. The summed E-state index contributed by atoms with van der Waals surface area (Å²) >= 11 is 0. The van der Waals surface area contributed by atoms with Gasteiger partial charge in [-0.3, -0.25) is 0 Å². The van der Waals surface area contributed by atoms with Crippen molar-refractivity contribution in [2.75, 3.05) is 5.43 Å². The molecule has 0 amide bonds. The van der Waals surface area contributed by atoms with Crippen molar-refractivity contribution in [3.8, 4) is 11.4 Å². The van der Waals surface area contributed by atoms with Crippen LogP contribution >= 0.6 is 0 Å². The van der Waals surface area contributed by atoms with Gasteiger partial charge in [0.25, 0.3) is 0 Å². The second-order valence-corrected chi connectivity index (χ2v) is 5.91. The molecule has 0 radical (unpaired) electrons. The largest absolute Gasteiger partial charge is 0.308 e. The minimum atomic E-state index is -0.0490. The van der Waals surface area contributed by atoms with E-state index in [1.807, 2.05) is 6.07 Å². The molecule has 3 N–H and O–H groups in total. The van der Waals surface area contributed by atoms with E-state index in [2.05, 4.69) is 67.4 Å². The molecular formula is C16H22N4. The van der Waals surface area contributed by atoms with Crippen LogP contribution < -0.4 is 11.3 Å². The predicted octanol–water partition coefficient (Wildman–Crippen LogP) is 3.29. The lowest BCUT2D eigenvalue weighted by molar-refractivity contribution is 0.568. The maximum atomic E-state index is 5.51. The van der Waals surface area contributed by atoms with Gasteiger partial charge in [0.1, 0.15) is 5.82 Å². The Morgan fingerprint density at radius 1 is 1.10 bits per heavy atom. The second kappa shape index (κ2) is 5.59. The number of aromatic nitrogens is 2. The third-order valence-electron chi connectivity index (χ3n) is 3.26. The smallest absolute Gasteiger partial charge is 0.161 e. The SMILES string of the molecule is CCc1ccc(-c2nc(NN)cc(C(C)(C)C)n2)cc1. The third-order valence-corrected chi connectivity index (χ3v) is 3.26. The number of hydrogen-bond acceptors (Lipinski definition) is 4. The Hall–Kier alpha value is -1.94. The van der Waals surface area contributed by atoms with Gasteiger partial charge in [0.05, 0.1) is 5.69 Å². The summed E-state index contributed by atoms with van der Waals surface area (Å²) in [5.74, 6) is 6.85. The highest BCUT2D eigenvalue weighted by atomic mass is 15.3. The highest BCUT2D eigenvalue weighted by molar-refractivity contribution is 5.58. The summed E-state index contributed by atoms with van der Waals surface area (Å²) in [4.78, 5) is 9.12. The number of nitrogens with two attached hydrogens (primary N) is 1. The van der Waals surface area contributed by atoms with Crippen LogP contribution in [0.1, 0.15) is 39.0 Å². The Bertz CT molecular complexity index is 582. The maximum absolute atomic E-state index is 5.51. The average molecular weight is 270 g/mol. The van der Waals surface area contributed by atoms with E-state index < -0.39 is 0 Å². The number of nitrogen functional groups attached to an aromatic ring is 1. The number of benzene rings is 1. The van der Waals surface area contributed by atoms with Crippen LogP contribution in [0, 0.1) is 0 Å². The van der Waals surface area contributed by atoms with E-state index in [9.17, 15) is 0 Å². The van der Waals surface area contributed by atoms with Gasteiger partial charge in [0, 0.05) is 17.0 Å². The van der Waals surface area contributed by atoms with Crippen molar-refractivity contribution in [1.82, 2.24) is 9.97 Å². The Balaban J connectivity index is 2.49. The predicted molar refractivity (Wildman–Crippen MR) is 83.4 cm³/mol. The van der Waals surface area contributed by atoms with Crippen LogP contribution in [0.15, 0.2) is 30.3 Å². The molecule has 0 atom stereocenters. The number of anilines is 1. The van der Waals surface area contributed by atoms with E-state index in [1.54, 1.807) is 0 Å². The van der Waals surface area contributed by atoms with E-state index >= 15 is 0 Å². The summed E-state index contributed by atoms with van der Waals surface area (Å²) in [6.45, 7) is 8.51. The molecule has 0 saturated heterocycles. The maximum Gasteiger partial charge on any atom is 0.161 e. The van der Waals surface area contributed by atoms with Crippen molar-refractivity contribution < 1.29 is 0 Å². The molecule has 2 rings (SSSR count). The Morgan fingerprint density at radius 3 is 2.25 bits per heavy atom. The topological polar surface area (TPSA) is 63.8 Å². The summed E-state index contributed by atoms with van der Waals surface area (Å²) in [5.41, 5.74) is 5.85. The van der Waals surface area contributed by atoms with Gasteiger partial charge in [0.2, 0.25) is 0 Å². The minimum Gasteiger partial charge on any atom is -0.308 e. The fourth-order valence-corrected chi connectivity index (χ4v) is 1.92. The van der Waals surface area contributed by atoms with Crippen molar-refractivity contribution in [2.24, 2.45) is 5.84 Å². The van der Waals surface area contributed by atoms with Gasteiger partial charge < -0.3 is 5.43 Å². The molecular weight excluding hydrogens is 248 g/mol. The van der Waals surface area contributed by atoms with Crippen molar-refractivity contribution in [3.63, 3.8) is 0 Å². The van der Waals surface area contributed by atoms with E-state index in [1.165, 1.54) is 5.56 Å². The molecule has 4 nitrogen and oxygen atoms in total. The highest BCUT2D eigenvalue weighted by Crippen LogP contribution is 2.25. The van der Waals surface area contributed by atoms with Crippen molar-refractivity contribution in [3.05, 3.63) is 41.6 Å². The molecule has 2 aromatic rings. The molecule has 0 aliphatic carbocycles. The normalized spacial score (nSPS) is 11.4. The summed E-state index contributed by atoms with van der Waals surface area (Å²) < 4.78 is 0. The second-order valence-electron chi connectivity index (χ2n) is 5.91. The molecule has 0 unspecified atom stereocenters. The van der Waals surface area contributed by atoms with E-state index in [0.717, 1.165) is 17.7 Å². The Morgan fingerprint density at radius 2 is 1.75 bits per heavy atom. The summed E-state index contributed by atoms with van der Waals surface area (Å²) in [7, 11) is 0. The van der Waals surface area contributed by atoms with Gasteiger partial charge >= 0.3 is 0 Å². The zero-order valence-electron chi connectivity index (χ0n) is 12.6. The lowest BCUT2D eigenvalue weighted by Gasteiger charge is -2.19. The van der Waals surface area contributed by atoms with Gasteiger partial charge in [-0.15, -0.1) is 0 Å². The summed E-state index contributed by atoms with van der Waals surface area (Å²) in [5, 5.41) is 0. The lowest BCUT2D eigenvalue weighted by Crippen LogP contribution is -2.17. The number of nitrogens with one attached hydrogen (secondary N) is 1. The van der Waals surface area contributed by atoms with Crippen LogP contribution in [-0.2, 0) is 11.8 Å². The van der Waals surface area contributed by atoms with E-state index in [0.29, 0.717) is 11.6 Å². The van der Waals surface area contributed by atoms with Crippen molar-refractivity contribution >= 4 is 5.82 Å². The summed E-state index contributed by atoms with van der Waals surface area (Å²) in [6, 6.07) is 10.2. The first-order valence-electron chi connectivity index (χ1n) is 6.89. The van der Waals surface area contributed by atoms with Crippen molar-refractivity contribution in [1.29, 1.82) is 0 Å². The first-order valence-corrected chi connectivity index (χ1v) is 6.89. The van der Waals surface area contributed by atoms with Crippen LogP contribution in [0.3, 0.4) is 0 Å². The first-order chi connectivity index (χ1) is 9.44. The lowest BCUT2D eigenvalue weighted by atomic mass is 9.92. The molecule has 106 valence electrons. The fourth-order valence-electron chi connectivity index (χ4n) is 1.92. The van der Waals surface area contributed by atoms with Gasteiger partial charge in [0.15, 0.2) is 5.82 Å². The molecule has 1 heterocycles. The van der Waals surface area contributed by atoms with E-state index in [4.69, 9.17) is 5.84 Å². The molecule has 1 aromatic heterocycles. The summed E-state index contributed by atoms with van der Waals surface area (Å²) in [6.07, 6.45) is 1.03. The van der Waals surface area contributed by atoms with Gasteiger partial charge in [-0.1, -0.05) is 52.0 Å². The zero-order valence-corrected chi connectivity index (χ0v) is 12.6. The number of hydrogen-bond donors (Lipinski definition) is 2. The van der Waals surface area contributed by atoms with Crippen LogP contribution in [0.5, 0.6) is 0 Å². The molecule has 0 fully saturated rings. The number of aryl methyl sites for hydroxylation is 1. The molecule has 0 aliphatic heterocycles. The standard InChI is InChI=1S/C16H22N4/c1-5-11-6-8-12(9-7-11)15-18-13(16(2,3)4)10-14(19-15)20-17/h6-10H,5,17H2,1-4H3,(H,18,19,20). The van der Waals surface area contributed by atoms with Gasteiger partial charge in [-0.05, 0) is 12.0 Å². The molecule has 1 aromatic carbocycles. The van der Waals surface area contributed by atoms with Crippen LogP contribution in [0.25, 0.3) is 11.4 Å². The monoisotopic (exact) mass is 270 g/mol. The highest BCUT2D eigenvalue weighted by Gasteiger charge is 2.18. The molecule has 20 heavy (non-hydrogen) atoms. The van der Waals surface area contributed by atoms with Crippen LogP contribution in [-0.4, -0.2) is 9.97 Å². The van der Waals surface area contributed by atoms with Gasteiger partial charge in [-0.2, -0.15) is 0 Å². The fraction of sp³-hybridized carbons (Fsp3) is 0.375. The average Bonchev–Trinajstić information content (AvgIpc) is 2.46. The quantitative estimate of drug-likeness (QED) is 0.663. The molecule has 0 bridgehead atoms. The number of rotatable bonds is 3. The number of nitrogens with zero attached hydrogens (tertiary/aromatic N) is 2. The third kappa shape index (κ3) is 3.14. The minimum absolute atomic E-state index is 0.0490. The molecule has 0 aliphatic rings.